The Bertz CT molecular complexity index is 564. The topological polar surface area (TPSA) is 42.4 Å². The maximum absolute atomic E-state index is 9.29. The van der Waals surface area contributed by atoms with Gasteiger partial charge < -0.3 is 9.84 Å². The van der Waals surface area contributed by atoms with Crippen molar-refractivity contribution in [1.82, 2.24) is 4.98 Å². The summed E-state index contributed by atoms with van der Waals surface area (Å²) >= 11 is 0. The molecule has 0 fully saturated rings. The molecule has 0 saturated heterocycles. The Balaban J connectivity index is 2.39. The first-order chi connectivity index (χ1) is 8.61. The Morgan fingerprint density at radius 2 is 1.94 bits per heavy atom. The molecule has 3 nitrogen and oxygen atoms in total. The zero-order valence-electron chi connectivity index (χ0n) is 10.9. The first kappa shape index (κ1) is 12.6. The first-order valence-electron chi connectivity index (χ1n) is 5.92. The molecule has 0 unspecified atom stereocenters. The highest BCUT2D eigenvalue weighted by Crippen LogP contribution is 2.29. The molecule has 0 atom stereocenters. The Morgan fingerprint density at radius 3 is 2.67 bits per heavy atom. The minimum atomic E-state index is -0.0759. The molecule has 2 aromatic rings. The van der Waals surface area contributed by atoms with Gasteiger partial charge in [0.05, 0.1) is 6.61 Å². The molecule has 0 aliphatic heterocycles. The third-order valence-electron chi connectivity index (χ3n) is 3.03. The molecule has 1 heterocycles. The van der Waals surface area contributed by atoms with E-state index < -0.39 is 0 Å². The molecule has 0 amide bonds. The average molecular weight is 243 g/mol. The van der Waals surface area contributed by atoms with Crippen LogP contribution in [0.5, 0.6) is 11.5 Å². The smallest absolute Gasteiger partial charge is 0.136 e. The van der Waals surface area contributed by atoms with Crippen LogP contribution in [0.25, 0.3) is 0 Å². The number of aromatic nitrogens is 1. The van der Waals surface area contributed by atoms with E-state index >= 15 is 0 Å². The van der Waals surface area contributed by atoms with E-state index in [9.17, 15) is 5.11 Å². The fourth-order valence-corrected chi connectivity index (χ4v) is 1.73. The van der Waals surface area contributed by atoms with Gasteiger partial charge >= 0.3 is 0 Å². The van der Waals surface area contributed by atoms with E-state index in [4.69, 9.17) is 4.74 Å². The second-order valence-corrected chi connectivity index (χ2v) is 4.39. The van der Waals surface area contributed by atoms with Crippen LogP contribution < -0.4 is 4.74 Å². The quantitative estimate of drug-likeness (QED) is 0.899. The number of aryl methyl sites for hydroxylation is 2. The second kappa shape index (κ2) is 5.19. The van der Waals surface area contributed by atoms with Gasteiger partial charge in [-0.1, -0.05) is 12.1 Å². The highest BCUT2D eigenvalue weighted by Gasteiger charge is 2.08. The number of aliphatic hydroxyl groups is 1. The van der Waals surface area contributed by atoms with E-state index in [0.29, 0.717) is 11.3 Å². The van der Waals surface area contributed by atoms with E-state index in [-0.39, 0.29) is 6.61 Å². The van der Waals surface area contributed by atoms with Gasteiger partial charge in [0, 0.05) is 23.5 Å². The Labute approximate surface area is 107 Å². The molecule has 2 rings (SSSR count). The van der Waals surface area contributed by atoms with Gasteiger partial charge in [0.2, 0.25) is 0 Å². The minimum Gasteiger partial charge on any atom is -0.457 e. The molecule has 0 spiro atoms. The van der Waals surface area contributed by atoms with Crippen LogP contribution in [-0.4, -0.2) is 10.1 Å². The van der Waals surface area contributed by atoms with Gasteiger partial charge in [-0.2, -0.15) is 0 Å². The number of nitrogens with zero attached hydrogens (tertiary/aromatic N) is 1. The highest BCUT2D eigenvalue weighted by atomic mass is 16.5. The summed E-state index contributed by atoms with van der Waals surface area (Å²) in [5.41, 5.74) is 3.86. The third-order valence-corrected chi connectivity index (χ3v) is 3.03. The largest absolute Gasteiger partial charge is 0.457 e. The van der Waals surface area contributed by atoms with Crippen molar-refractivity contribution < 1.29 is 9.84 Å². The van der Waals surface area contributed by atoms with Crippen LogP contribution in [0.3, 0.4) is 0 Å². The van der Waals surface area contributed by atoms with Crippen LogP contribution in [0.2, 0.25) is 0 Å². The van der Waals surface area contributed by atoms with Gasteiger partial charge in [-0.05, 0) is 38.0 Å². The van der Waals surface area contributed by atoms with Crippen molar-refractivity contribution in [2.24, 2.45) is 0 Å². The summed E-state index contributed by atoms with van der Waals surface area (Å²) in [5, 5.41) is 9.29. The molecule has 0 bridgehead atoms. The summed E-state index contributed by atoms with van der Waals surface area (Å²) in [4.78, 5) is 4.15. The van der Waals surface area contributed by atoms with E-state index in [0.717, 1.165) is 17.0 Å². The van der Waals surface area contributed by atoms with Crippen molar-refractivity contribution in [1.29, 1.82) is 0 Å². The lowest BCUT2D eigenvalue weighted by molar-refractivity contribution is 0.276. The number of hydrogen-bond acceptors (Lipinski definition) is 3. The van der Waals surface area contributed by atoms with Gasteiger partial charge in [-0.25, -0.2) is 0 Å². The lowest BCUT2D eigenvalue weighted by Gasteiger charge is -2.13. The Hall–Kier alpha value is -1.87. The molecule has 3 heteroatoms. The lowest BCUT2D eigenvalue weighted by atomic mass is 10.1. The highest BCUT2D eigenvalue weighted by molar-refractivity contribution is 5.43. The number of hydrogen-bond donors (Lipinski definition) is 1. The van der Waals surface area contributed by atoms with E-state index in [1.807, 2.05) is 45.0 Å². The van der Waals surface area contributed by atoms with E-state index in [1.165, 1.54) is 5.56 Å². The normalized spacial score (nSPS) is 10.4. The van der Waals surface area contributed by atoms with Crippen molar-refractivity contribution >= 4 is 0 Å². The van der Waals surface area contributed by atoms with Crippen LogP contribution in [0, 0.1) is 20.8 Å². The summed E-state index contributed by atoms with van der Waals surface area (Å²) in [6, 6.07) is 7.78. The molecule has 0 saturated carbocycles. The Morgan fingerprint density at radius 1 is 1.17 bits per heavy atom. The predicted octanol–water partition coefficient (Wildman–Crippen LogP) is 3.29. The number of ether oxygens (including phenoxy) is 1. The van der Waals surface area contributed by atoms with Crippen molar-refractivity contribution in [3.8, 4) is 11.5 Å². The van der Waals surface area contributed by atoms with Gasteiger partial charge in [0.15, 0.2) is 0 Å². The third kappa shape index (κ3) is 2.51. The Kier molecular flexibility index (Phi) is 3.63. The summed E-state index contributed by atoms with van der Waals surface area (Å²) in [6.45, 7) is 5.90. The maximum Gasteiger partial charge on any atom is 0.136 e. The zero-order valence-corrected chi connectivity index (χ0v) is 10.9. The molecule has 0 aliphatic rings. The number of benzene rings is 1. The summed E-state index contributed by atoms with van der Waals surface area (Å²) < 4.78 is 5.89. The first-order valence-corrected chi connectivity index (χ1v) is 5.92. The molecule has 1 aromatic carbocycles. The molecular formula is C15H17NO2. The van der Waals surface area contributed by atoms with E-state index in [1.54, 1.807) is 6.20 Å². The molecule has 1 N–H and O–H groups in total. The van der Waals surface area contributed by atoms with Crippen LogP contribution in [0.1, 0.15) is 22.4 Å². The number of aliphatic hydroxyl groups excluding tert-OH is 1. The van der Waals surface area contributed by atoms with E-state index in [2.05, 4.69) is 4.98 Å². The maximum atomic E-state index is 9.29. The SMILES string of the molecule is Cc1cc(Oc2cccc(C)c2C)c(CO)cn1. The zero-order chi connectivity index (χ0) is 13.1. The van der Waals surface area contributed by atoms with Gasteiger partial charge in [0.25, 0.3) is 0 Å². The van der Waals surface area contributed by atoms with Crippen molar-refractivity contribution in [3.63, 3.8) is 0 Å². The standard InChI is InChI=1S/C15H17NO2/c1-10-5-4-6-14(12(10)3)18-15-7-11(2)16-8-13(15)9-17/h4-8,17H,9H2,1-3H3. The van der Waals surface area contributed by atoms with Crippen LogP contribution in [-0.2, 0) is 6.61 Å². The lowest BCUT2D eigenvalue weighted by Crippen LogP contribution is -1.96. The van der Waals surface area contributed by atoms with Crippen molar-refractivity contribution in [3.05, 3.63) is 52.8 Å². The fourth-order valence-electron chi connectivity index (χ4n) is 1.73. The molecule has 0 aliphatic carbocycles. The predicted molar refractivity (Wildman–Crippen MR) is 70.9 cm³/mol. The molecule has 94 valence electrons. The van der Waals surface area contributed by atoms with Crippen LogP contribution in [0.4, 0.5) is 0 Å². The molecule has 18 heavy (non-hydrogen) atoms. The monoisotopic (exact) mass is 243 g/mol. The van der Waals surface area contributed by atoms with Gasteiger partial charge in [0.1, 0.15) is 11.5 Å². The summed E-state index contributed by atoms with van der Waals surface area (Å²) in [5.74, 6) is 1.48. The minimum absolute atomic E-state index is 0.0759. The van der Waals surface area contributed by atoms with Crippen LogP contribution >= 0.6 is 0 Å². The second-order valence-electron chi connectivity index (χ2n) is 4.39. The number of pyridine rings is 1. The van der Waals surface area contributed by atoms with Crippen LogP contribution in [0.15, 0.2) is 30.5 Å². The van der Waals surface area contributed by atoms with Crippen molar-refractivity contribution in [2.75, 3.05) is 0 Å². The average Bonchev–Trinajstić information content (AvgIpc) is 2.35. The molecule has 1 aromatic heterocycles. The number of rotatable bonds is 3. The summed E-state index contributed by atoms with van der Waals surface area (Å²) in [6.07, 6.45) is 1.65. The fraction of sp³-hybridized carbons (Fsp3) is 0.267. The van der Waals surface area contributed by atoms with Gasteiger partial charge in [-0.15, -0.1) is 0 Å². The molecule has 0 radical (unpaired) electrons. The van der Waals surface area contributed by atoms with Gasteiger partial charge in [-0.3, -0.25) is 4.98 Å². The summed E-state index contributed by atoms with van der Waals surface area (Å²) in [7, 11) is 0. The van der Waals surface area contributed by atoms with Crippen molar-refractivity contribution in [2.45, 2.75) is 27.4 Å². The molecular weight excluding hydrogens is 226 g/mol.